The van der Waals surface area contributed by atoms with Gasteiger partial charge in [0.25, 0.3) is 0 Å². The summed E-state index contributed by atoms with van der Waals surface area (Å²) in [7, 11) is 0. The third kappa shape index (κ3) is 3.79. The molecule has 29 heavy (non-hydrogen) atoms. The van der Waals surface area contributed by atoms with Gasteiger partial charge in [0.15, 0.2) is 5.78 Å². The minimum absolute atomic E-state index is 0.0348. The van der Waals surface area contributed by atoms with Crippen LogP contribution in [0.4, 0.5) is 0 Å². The molecule has 2 aliphatic rings. The Hall–Kier alpha value is -2.30. The molecule has 0 bridgehead atoms. The lowest BCUT2D eigenvalue weighted by Gasteiger charge is -2.40. The molecule has 0 saturated heterocycles. The van der Waals surface area contributed by atoms with E-state index in [0.29, 0.717) is 28.0 Å². The van der Waals surface area contributed by atoms with Crippen LogP contribution in [-0.2, 0) is 9.53 Å². The van der Waals surface area contributed by atoms with E-state index in [9.17, 15) is 9.90 Å². The molecule has 0 atom stereocenters. The Morgan fingerprint density at radius 3 is 2.24 bits per heavy atom. The summed E-state index contributed by atoms with van der Waals surface area (Å²) in [5, 5.41) is 11.6. The molecule has 1 N–H and O–H groups in total. The van der Waals surface area contributed by atoms with E-state index in [1.54, 1.807) is 52.0 Å². The highest BCUT2D eigenvalue weighted by molar-refractivity contribution is 6.30. The predicted molar refractivity (Wildman–Crippen MR) is 114 cm³/mol. The third-order valence-corrected chi connectivity index (χ3v) is 5.70. The van der Waals surface area contributed by atoms with Gasteiger partial charge in [0.2, 0.25) is 0 Å². The van der Waals surface area contributed by atoms with Crippen LogP contribution in [0.1, 0.15) is 57.6 Å². The minimum Gasteiger partial charge on any atom is -0.508 e. The van der Waals surface area contributed by atoms with Gasteiger partial charge in [0.1, 0.15) is 28.5 Å². The monoisotopic (exact) mass is 412 g/mol. The molecule has 2 aromatic rings. The minimum atomic E-state index is -1.03. The number of carbonyl (C=O) groups is 1. The Morgan fingerprint density at radius 2 is 1.62 bits per heavy atom. The third-order valence-electron chi connectivity index (χ3n) is 5.45. The molecule has 5 heteroatoms. The molecule has 0 unspecified atom stereocenters. The summed E-state index contributed by atoms with van der Waals surface area (Å²) in [6.45, 7) is 7.05. The Kier molecular flexibility index (Phi) is 4.75. The molecule has 4 nitrogen and oxygen atoms in total. The van der Waals surface area contributed by atoms with Crippen LogP contribution in [0.3, 0.4) is 0 Å². The number of hydrogen-bond acceptors (Lipinski definition) is 4. The number of benzene rings is 2. The molecule has 0 amide bonds. The SMILES string of the molecule is CC1(C)OC(C)(C)C(O)=C(c2cc(Oc3ccc(Cl)cc3)ccc2C2CC2)C1=O. The lowest BCUT2D eigenvalue weighted by molar-refractivity contribution is -0.158. The highest BCUT2D eigenvalue weighted by Gasteiger charge is 2.47. The smallest absolute Gasteiger partial charge is 0.198 e. The largest absolute Gasteiger partial charge is 0.508 e. The first kappa shape index (κ1) is 20.0. The van der Waals surface area contributed by atoms with Crippen LogP contribution in [0.2, 0.25) is 5.02 Å². The number of Topliss-reactive ketones (excluding diaryl/α,β-unsaturated/α-hetero) is 1. The summed E-state index contributed by atoms with van der Waals surface area (Å²) in [6.07, 6.45) is 2.16. The maximum absolute atomic E-state index is 13.2. The van der Waals surface area contributed by atoms with E-state index in [2.05, 4.69) is 0 Å². The van der Waals surface area contributed by atoms with Gasteiger partial charge in [-0.05, 0) is 94.0 Å². The van der Waals surface area contributed by atoms with Gasteiger partial charge in [-0.15, -0.1) is 0 Å². The molecule has 0 radical (unpaired) electrons. The molecular formula is C24H25ClO4. The second-order valence-electron chi connectivity index (χ2n) is 8.75. The standard InChI is InChI=1S/C24H25ClO4/c1-23(2)21(26)20(22(27)24(3,4)29-23)19-13-17(11-12-18(19)14-5-6-14)28-16-9-7-15(25)8-10-16/h7-14,26H,5-6H2,1-4H3. The summed E-state index contributed by atoms with van der Waals surface area (Å²) in [5.74, 6) is 1.39. The van der Waals surface area contributed by atoms with Gasteiger partial charge in [-0.25, -0.2) is 0 Å². The molecule has 0 aromatic heterocycles. The quantitative estimate of drug-likeness (QED) is 0.628. The Balaban J connectivity index is 1.82. The summed E-state index contributed by atoms with van der Waals surface area (Å²) >= 11 is 5.95. The van der Waals surface area contributed by atoms with Gasteiger partial charge in [0.05, 0.1) is 5.57 Å². The van der Waals surface area contributed by atoms with Crippen molar-refractivity contribution in [2.75, 3.05) is 0 Å². The molecule has 0 spiro atoms. The molecule has 1 fully saturated rings. The van der Waals surface area contributed by atoms with Crippen LogP contribution in [0.25, 0.3) is 5.57 Å². The lowest BCUT2D eigenvalue weighted by Crippen LogP contribution is -2.49. The second kappa shape index (κ2) is 6.89. The van der Waals surface area contributed by atoms with Crippen LogP contribution in [0.15, 0.2) is 48.2 Å². The Labute approximate surface area is 176 Å². The number of aliphatic hydroxyl groups excluding tert-OH is 1. The number of aliphatic hydroxyl groups is 1. The van der Waals surface area contributed by atoms with Crippen molar-refractivity contribution in [1.29, 1.82) is 0 Å². The van der Waals surface area contributed by atoms with Crippen LogP contribution in [0.5, 0.6) is 11.5 Å². The fourth-order valence-corrected chi connectivity index (χ4v) is 4.02. The Bertz CT molecular complexity index is 998. The molecule has 1 heterocycles. The number of carbonyl (C=O) groups excluding carboxylic acids is 1. The molecule has 4 rings (SSSR count). The highest BCUT2D eigenvalue weighted by Crippen LogP contribution is 2.48. The molecule has 1 aliphatic carbocycles. The zero-order valence-electron chi connectivity index (χ0n) is 17.1. The van der Waals surface area contributed by atoms with Gasteiger partial charge in [-0.2, -0.15) is 0 Å². The number of ketones is 1. The van der Waals surface area contributed by atoms with Crippen molar-refractivity contribution in [3.63, 3.8) is 0 Å². The fourth-order valence-electron chi connectivity index (χ4n) is 3.90. The van der Waals surface area contributed by atoms with Crippen molar-refractivity contribution < 1.29 is 19.4 Å². The van der Waals surface area contributed by atoms with Gasteiger partial charge >= 0.3 is 0 Å². The van der Waals surface area contributed by atoms with Crippen molar-refractivity contribution in [3.8, 4) is 11.5 Å². The number of ether oxygens (including phenoxy) is 2. The van der Waals surface area contributed by atoms with Gasteiger partial charge in [-0.1, -0.05) is 17.7 Å². The van der Waals surface area contributed by atoms with E-state index in [0.717, 1.165) is 24.0 Å². The summed E-state index contributed by atoms with van der Waals surface area (Å²) in [5.41, 5.74) is 0.136. The predicted octanol–water partition coefficient (Wildman–Crippen LogP) is 6.44. The van der Waals surface area contributed by atoms with Crippen molar-refractivity contribution in [2.24, 2.45) is 0 Å². The van der Waals surface area contributed by atoms with Crippen LogP contribution >= 0.6 is 11.6 Å². The lowest BCUT2D eigenvalue weighted by atomic mass is 9.81. The number of rotatable bonds is 4. The van der Waals surface area contributed by atoms with E-state index in [1.807, 2.05) is 18.2 Å². The zero-order chi connectivity index (χ0) is 21.0. The van der Waals surface area contributed by atoms with Gasteiger partial charge < -0.3 is 14.6 Å². The zero-order valence-corrected chi connectivity index (χ0v) is 17.8. The second-order valence-corrected chi connectivity index (χ2v) is 9.19. The first-order valence-corrected chi connectivity index (χ1v) is 10.2. The van der Waals surface area contributed by atoms with Crippen LogP contribution < -0.4 is 4.74 Å². The number of halogens is 1. The normalized spacial score (nSPS) is 20.7. The average Bonchev–Trinajstić information content (AvgIpc) is 3.47. The summed E-state index contributed by atoms with van der Waals surface area (Å²) < 4.78 is 11.9. The van der Waals surface area contributed by atoms with Crippen LogP contribution in [-0.4, -0.2) is 22.1 Å². The molecule has 152 valence electrons. The topological polar surface area (TPSA) is 55.8 Å². The average molecular weight is 413 g/mol. The Morgan fingerprint density at radius 1 is 1.00 bits per heavy atom. The van der Waals surface area contributed by atoms with Gasteiger partial charge in [-0.3, -0.25) is 4.79 Å². The van der Waals surface area contributed by atoms with Crippen LogP contribution in [0, 0.1) is 0 Å². The summed E-state index contributed by atoms with van der Waals surface area (Å²) in [4.78, 5) is 13.2. The van der Waals surface area contributed by atoms with E-state index >= 15 is 0 Å². The van der Waals surface area contributed by atoms with E-state index < -0.39 is 11.2 Å². The number of hydrogen-bond donors (Lipinski definition) is 1. The molecule has 1 aliphatic heterocycles. The summed E-state index contributed by atoms with van der Waals surface area (Å²) in [6, 6.07) is 12.9. The molecular weight excluding hydrogens is 388 g/mol. The van der Waals surface area contributed by atoms with E-state index in [-0.39, 0.29) is 11.5 Å². The maximum atomic E-state index is 13.2. The fraction of sp³-hybridized carbons (Fsp3) is 0.375. The maximum Gasteiger partial charge on any atom is 0.198 e. The van der Waals surface area contributed by atoms with Crippen molar-refractivity contribution in [2.45, 2.75) is 57.7 Å². The van der Waals surface area contributed by atoms with E-state index in [4.69, 9.17) is 21.1 Å². The first-order chi connectivity index (χ1) is 13.6. The van der Waals surface area contributed by atoms with Crippen molar-refractivity contribution in [1.82, 2.24) is 0 Å². The van der Waals surface area contributed by atoms with Gasteiger partial charge in [0, 0.05) is 5.02 Å². The van der Waals surface area contributed by atoms with E-state index in [1.165, 1.54) is 0 Å². The van der Waals surface area contributed by atoms with Crippen molar-refractivity contribution in [3.05, 3.63) is 64.4 Å². The van der Waals surface area contributed by atoms with Crippen molar-refractivity contribution >= 4 is 23.0 Å². The molecule has 2 aromatic carbocycles. The first-order valence-electron chi connectivity index (χ1n) is 9.85. The molecule has 1 saturated carbocycles. The highest BCUT2D eigenvalue weighted by atomic mass is 35.5.